The molecular weight excluding hydrogens is 480 g/mol. The standard InChI is InChI=1S/C31H34N2O5/c1-18(2)38-28-12-10-19(16-29(28)37-5)31-30-25(32-23-8-6-7-9-24(23)33-31)14-20(15-26(30)34)22-17-21(35-3)11-13-27(22)36-4/h6-13,16-18,20,31-33H,14-15H2,1-5H3. The number of para-hydroxylation sites is 2. The number of anilines is 2. The van der Waals surface area contributed by atoms with Crippen LogP contribution >= 0.6 is 0 Å². The molecule has 0 saturated heterocycles. The third kappa shape index (κ3) is 4.88. The lowest BCUT2D eigenvalue weighted by molar-refractivity contribution is -0.116. The van der Waals surface area contributed by atoms with E-state index in [1.165, 1.54) is 0 Å². The van der Waals surface area contributed by atoms with Crippen LogP contribution < -0.4 is 29.6 Å². The molecule has 2 aliphatic rings. The van der Waals surface area contributed by atoms with E-state index >= 15 is 0 Å². The van der Waals surface area contributed by atoms with Crippen LogP contribution in [0.5, 0.6) is 23.0 Å². The third-order valence-electron chi connectivity index (χ3n) is 7.07. The van der Waals surface area contributed by atoms with Crippen LogP contribution in [0.2, 0.25) is 0 Å². The summed E-state index contributed by atoms with van der Waals surface area (Å²) in [6, 6.07) is 19.3. The molecule has 2 unspecified atom stereocenters. The summed E-state index contributed by atoms with van der Waals surface area (Å²) in [7, 11) is 4.93. The molecule has 1 heterocycles. The Bertz CT molecular complexity index is 1380. The van der Waals surface area contributed by atoms with Crippen LogP contribution in [0, 0.1) is 0 Å². The molecule has 3 aromatic carbocycles. The molecule has 3 aromatic rings. The van der Waals surface area contributed by atoms with Gasteiger partial charge in [0.1, 0.15) is 11.5 Å². The summed E-state index contributed by atoms with van der Waals surface area (Å²) in [5, 5.41) is 7.22. The fraction of sp³-hybridized carbons (Fsp3) is 0.323. The highest BCUT2D eigenvalue weighted by Crippen LogP contribution is 2.47. The van der Waals surface area contributed by atoms with E-state index in [0.717, 1.165) is 45.3 Å². The summed E-state index contributed by atoms with van der Waals surface area (Å²) >= 11 is 0. The van der Waals surface area contributed by atoms with Gasteiger partial charge < -0.3 is 29.6 Å². The first-order chi connectivity index (χ1) is 18.4. The molecular formula is C31H34N2O5. The average Bonchev–Trinajstić information content (AvgIpc) is 3.09. The van der Waals surface area contributed by atoms with Gasteiger partial charge in [-0.05, 0) is 68.3 Å². The summed E-state index contributed by atoms with van der Waals surface area (Å²) in [6.07, 6.45) is 1.04. The lowest BCUT2D eigenvalue weighted by Gasteiger charge is -2.31. The Balaban J connectivity index is 1.60. The Kier molecular flexibility index (Phi) is 7.18. The number of carbonyl (C=O) groups excluding carboxylic acids is 1. The Morgan fingerprint density at radius 2 is 1.55 bits per heavy atom. The predicted octanol–water partition coefficient (Wildman–Crippen LogP) is 6.48. The van der Waals surface area contributed by atoms with E-state index in [0.29, 0.717) is 24.3 Å². The average molecular weight is 515 g/mol. The molecule has 0 spiro atoms. The zero-order valence-corrected chi connectivity index (χ0v) is 22.5. The van der Waals surface area contributed by atoms with Crippen LogP contribution in [0.15, 0.2) is 71.9 Å². The molecule has 0 fully saturated rings. The monoisotopic (exact) mass is 514 g/mol. The van der Waals surface area contributed by atoms with Crippen LogP contribution in [0.1, 0.15) is 49.8 Å². The van der Waals surface area contributed by atoms with Gasteiger partial charge in [-0.2, -0.15) is 0 Å². The first kappa shape index (κ1) is 25.5. The van der Waals surface area contributed by atoms with Gasteiger partial charge in [-0.15, -0.1) is 0 Å². The van der Waals surface area contributed by atoms with Crippen molar-refractivity contribution < 1.29 is 23.7 Å². The van der Waals surface area contributed by atoms with Gasteiger partial charge in [0, 0.05) is 29.2 Å². The Hall–Kier alpha value is -4.13. The summed E-state index contributed by atoms with van der Waals surface area (Å²) in [4.78, 5) is 14.0. The summed E-state index contributed by atoms with van der Waals surface area (Å²) in [6.45, 7) is 3.96. The third-order valence-corrected chi connectivity index (χ3v) is 7.07. The second-order valence-corrected chi connectivity index (χ2v) is 9.85. The Morgan fingerprint density at radius 1 is 0.816 bits per heavy atom. The largest absolute Gasteiger partial charge is 0.497 e. The molecule has 0 saturated carbocycles. The molecule has 1 aliphatic heterocycles. The minimum absolute atomic E-state index is 0.0154. The van der Waals surface area contributed by atoms with Crippen LogP contribution in [-0.2, 0) is 4.79 Å². The lowest BCUT2D eigenvalue weighted by Crippen LogP contribution is -2.27. The van der Waals surface area contributed by atoms with Crippen molar-refractivity contribution in [3.63, 3.8) is 0 Å². The summed E-state index contributed by atoms with van der Waals surface area (Å²) in [5.74, 6) is 2.83. The molecule has 1 aliphatic carbocycles. The molecule has 7 heteroatoms. The number of nitrogens with one attached hydrogen (secondary N) is 2. The van der Waals surface area contributed by atoms with Gasteiger partial charge in [0.05, 0.1) is 44.8 Å². The number of methoxy groups -OCH3 is 3. The lowest BCUT2D eigenvalue weighted by atomic mass is 9.78. The number of hydrogen-bond donors (Lipinski definition) is 2. The maximum atomic E-state index is 14.0. The number of benzene rings is 3. The number of ketones is 1. The van der Waals surface area contributed by atoms with Crippen molar-refractivity contribution in [2.24, 2.45) is 0 Å². The van der Waals surface area contributed by atoms with Gasteiger partial charge in [-0.25, -0.2) is 0 Å². The zero-order chi connectivity index (χ0) is 26.8. The topological polar surface area (TPSA) is 78.1 Å². The number of rotatable bonds is 7. The first-order valence-corrected chi connectivity index (χ1v) is 12.9. The van der Waals surface area contributed by atoms with Gasteiger partial charge in [0.25, 0.3) is 0 Å². The van der Waals surface area contributed by atoms with Crippen molar-refractivity contribution in [2.75, 3.05) is 32.0 Å². The van der Waals surface area contributed by atoms with Gasteiger partial charge in [-0.3, -0.25) is 4.79 Å². The Morgan fingerprint density at radius 3 is 2.26 bits per heavy atom. The fourth-order valence-electron chi connectivity index (χ4n) is 5.34. The van der Waals surface area contributed by atoms with E-state index in [1.807, 2.05) is 74.5 Å². The minimum atomic E-state index is -0.358. The van der Waals surface area contributed by atoms with Crippen LogP contribution in [0.4, 0.5) is 11.4 Å². The van der Waals surface area contributed by atoms with E-state index in [-0.39, 0.29) is 23.8 Å². The molecule has 7 nitrogen and oxygen atoms in total. The highest BCUT2D eigenvalue weighted by molar-refractivity contribution is 6.01. The molecule has 5 rings (SSSR count). The molecule has 2 atom stereocenters. The molecule has 0 radical (unpaired) electrons. The maximum Gasteiger partial charge on any atom is 0.163 e. The molecule has 0 aromatic heterocycles. The smallest absolute Gasteiger partial charge is 0.163 e. The SMILES string of the molecule is COc1ccc(OC)c(C2CC(=O)C3=C(C2)Nc2ccccc2NC3c2ccc(OC(C)C)c(OC)c2)c1. The normalized spacial score (nSPS) is 18.5. The van der Waals surface area contributed by atoms with E-state index in [2.05, 4.69) is 10.6 Å². The maximum absolute atomic E-state index is 14.0. The van der Waals surface area contributed by atoms with Crippen LogP contribution in [-0.4, -0.2) is 33.2 Å². The highest BCUT2D eigenvalue weighted by Gasteiger charge is 2.37. The Labute approximate surface area is 223 Å². The number of hydrogen-bond acceptors (Lipinski definition) is 7. The van der Waals surface area contributed by atoms with E-state index in [9.17, 15) is 4.79 Å². The minimum Gasteiger partial charge on any atom is -0.497 e. The van der Waals surface area contributed by atoms with Crippen molar-refractivity contribution in [2.45, 2.75) is 44.8 Å². The van der Waals surface area contributed by atoms with Crippen LogP contribution in [0.25, 0.3) is 0 Å². The quantitative estimate of drug-likeness (QED) is 0.374. The zero-order valence-electron chi connectivity index (χ0n) is 22.5. The van der Waals surface area contributed by atoms with Crippen molar-refractivity contribution in [3.8, 4) is 23.0 Å². The number of ether oxygens (including phenoxy) is 4. The van der Waals surface area contributed by atoms with E-state index < -0.39 is 0 Å². The molecule has 0 amide bonds. The van der Waals surface area contributed by atoms with Gasteiger partial charge in [-0.1, -0.05) is 18.2 Å². The van der Waals surface area contributed by atoms with Gasteiger partial charge >= 0.3 is 0 Å². The number of allylic oxidation sites excluding steroid dienone is 1. The highest BCUT2D eigenvalue weighted by atomic mass is 16.5. The van der Waals surface area contributed by atoms with E-state index in [4.69, 9.17) is 18.9 Å². The van der Waals surface area contributed by atoms with Crippen molar-refractivity contribution >= 4 is 17.2 Å². The summed E-state index contributed by atoms with van der Waals surface area (Å²) < 4.78 is 22.7. The second-order valence-electron chi connectivity index (χ2n) is 9.85. The van der Waals surface area contributed by atoms with Crippen molar-refractivity contribution in [3.05, 3.63) is 83.1 Å². The number of carbonyl (C=O) groups is 1. The molecule has 38 heavy (non-hydrogen) atoms. The van der Waals surface area contributed by atoms with Gasteiger partial charge in [0.2, 0.25) is 0 Å². The number of fused-ring (bicyclic) bond motifs is 1. The van der Waals surface area contributed by atoms with Crippen molar-refractivity contribution in [1.82, 2.24) is 0 Å². The predicted molar refractivity (Wildman–Crippen MR) is 149 cm³/mol. The molecule has 198 valence electrons. The van der Waals surface area contributed by atoms with Crippen LogP contribution in [0.3, 0.4) is 0 Å². The fourth-order valence-corrected chi connectivity index (χ4v) is 5.34. The summed E-state index contributed by atoms with van der Waals surface area (Å²) in [5.41, 5.74) is 5.39. The van der Waals surface area contributed by atoms with E-state index in [1.54, 1.807) is 21.3 Å². The second kappa shape index (κ2) is 10.7. The molecule has 0 bridgehead atoms. The van der Waals surface area contributed by atoms with Gasteiger partial charge in [0.15, 0.2) is 17.3 Å². The van der Waals surface area contributed by atoms with Crippen molar-refractivity contribution in [1.29, 1.82) is 0 Å². The number of Topliss-reactive ketones (excluding diaryl/α,β-unsaturated/α-hetero) is 1. The first-order valence-electron chi connectivity index (χ1n) is 12.9. The molecule has 2 N–H and O–H groups in total.